The summed E-state index contributed by atoms with van der Waals surface area (Å²) in [5.41, 5.74) is 2.23. The molecule has 0 fully saturated rings. The van der Waals surface area contributed by atoms with Gasteiger partial charge in [0.2, 0.25) is 0 Å². The van der Waals surface area contributed by atoms with E-state index in [9.17, 15) is 18.8 Å². The third kappa shape index (κ3) is 6.82. The normalized spacial score (nSPS) is 11.6. The summed E-state index contributed by atoms with van der Waals surface area (Å²) in [4.78, 5) is 39.7. The fraction of sp³-hybridized carbons (Fsp3) is 0.375. The number of halogens is 3. The maximum Gasteiger partial charge on any atom is 0.424 e. The summed E-state index contributed by atoms with van der Waals surface area (Å²) in [6.45, 7) is 9.10. The Bertz CT molecular complexity index is 1130. The number of imide groups is 1. The topological polar surface area (TPSA) is 102 Å². The Hall–Kier alpha value is -3.40. The lowest BCUT2D eigenvalue weighted by molar-refractivity contribution is 0.0427. The van der Waals surface area contributed by atoms with E-state index in [4.69, 9.17) is 26.8 Å². The number of carbonyl (C=O) groups is 3. The molecule has 0 aliphatic carbocycles. The summed E-state index contributed by atoms with van der Waals surface area (Å²) in [6, 6.07) is 5.97. The summed E-state index contributed by atoms with van der Waals surface area (Å²) >= 11 is 6.09. The van der Waals surface area contributed by atoms with Gasteiger partial charge in [0.25, 0.3) is 5.91 Å². The maximum absolute atomic E-state index is 15.7. The highest BCUT2D eigenvalue weighted by Crippen LogP contribution is 2.34. The van der Waals surface area contributed by atoms with Crippen molar-refractivity contribution in [1.29, 1.82) is 0 Å². The summed E-state index contributed by atoms with van der Waals surface area (Å²) in [5, 5.41) is 0.0583. The zero-order valence-electron chi connectivity index (χ0n) is 20.5. The molecule has 3 amide bonds. The van der Waals surface area contributed by atoms with Gasteiger partial charge in [0.05, 0.1) is 16.3 Å². The first-order valence-corrected chi connectivity index (χ1v) is 10.9. The summed E-state index contributed by atoms with van der Waals surface area (Å²) in [7, 11) is 1.22. The Balaban J connectivity index is 2.64. The van der Waals surface area contributed by atoms with Crippen LogP contribution in [0.1, 0.15) is 51.9 Å². The van der Waals surface area contributed by atoms with E-state index in [0.717, 1.165) is 17.0 Å². The number of ether oxygens (including phenoxy) is 2. The Labute approximate surface area is 207 Å². The number of nitrogen functional groups attached to an aromatic ring is 1. The monoisotopic (exact) mass is 511 g/mol. The lowest BCUT2D eigenvalue weighted by Gasteiger charge is -2.29. The predicted molar refractivity (Wildman–Crippen MR) is 130 cm³/mol. The fourth-order valence-electron chi connectivity index (χ4n) is 2.86. The molecule has 0 spiro atoms. The number of hydrogen-bond acceptors (Lipinski definition) is 6. The number of rotatable bonds is 3. The standard InChI is InChI=1S/C24H28ClF2N3O5/c1-23(2,3)34-21(32)30(22(33)35-24(4,5)6)19-16(26)10-11-17(18(19)27)29(7)20(31)14-12-13(28)8-9-15(14)25/h8-12H,28H2,1-7H3. The second-order valence-corrected chi connectivity index (χ2v) is 10.0. The van der Waals surface area contributed by atoms with E-state index in [0.29, 0.717) is 0 Å². The van der Waals surface area contributed by atoms with E-state index in [1.54, 1.807) is 0 Å². The molecule has 11 heteroatoms. The summed E-state index contributed by atoms with van der Waals surface area (Å²) in [6.07, 6.45) is -2.73. The summed E-state index contributed by atoms with van der Waals surface area (Å²) < 4.78 is 41.0. The van der Waals surface area contributed by atoms with Gasteiger partial charge < -0.3 is 20.1 Å². The van der Waals surface area contributed by atoms with E-state index < -0.39 is 52.3 Å². The number of anilines is 3. The Morgan fingerprint density at radius 3 is 1.91 bits per heavy atom. The van der Waals surface area contributed by atoms with Crippen LogP contribution in [-0.2, 0) is 9.47 Å². The molecule has 2 aromatic rings. The van der Waals surface area contributed by atoms with E-state index in [1.807, 2.05) is 0 Å². The van der Waals surface area contributed by atoms with Crippen molar-refractivity contribution in [3.05, 3.63) is 52.6 Å². The minimum absolute atomic E-state index is 0.0319. The number of hydrogen-bond donors (Lipinski definition) is 1. The number of amides is 3. The van der Waals surface area contributed by atoms with Crippen LogP contribution in [0.3, 0.4) is 0 Å². The highest BCUT2D eigenvalue weighted by Gasteiger charge is 2.37. The largest absolute Gasteiger partial charge is 0.443 e. The van der Waals surface area contributed by atoms with Gasteiger partial charge in [-0.1, -0.05) is 11.6 Å². The van der Waals surface area contributed by atoms with Crippen molar-refractivity contribution in [2.24, 2.45) is 0 Å². The highest BCUT2D eigenvalue weighted by atomic mass is 35.5. The average molecular weight is 512 g/mol. The van der Waals surface area contributed by atoms with Crippen molar-refractivity contribution in [3.8, 4) is 0 Å². The number of benzene rings is 2. The van der Waals surface area contributed by atoms with E-state index >= 15 is 4.39 Å². The lowest BCUT2D eigenvalue weighted by atomic mass is 10.1. The van der Waals surface area contributed by atoms with Crippen LogP contribution in [0.4, 0.5) is 35.4 Å². The first-order chi connectivity index (χ1) is 15.9. The molecule has 2 aromatic carbocycles. The van der Waals surface area contributed by atoms with Crippen LogP contribution < -0.4 is 15.5 Å². The SMILES string of the molecule is CN(C(=O)c1cc(N)ccc1Cl)c1ccc(F)c(N(C(=O)OC(C)(C)C)C(=O)OC(C)(C)C)c1F. The van der Waals surface area contributed by atoms with Gasteiger partial charge in [-0.15, -0.1) is 0 Å². The Morgan fingerprint density at radius 1 is 0.914 bits per heavy atom. The fourth-order valence-corrected chi connectivity index (χ4v) is 3.06. The van der Waals surface area contributed by atoms with E-state index in [-0.39, 0.29) is 21.2 Å². The number of carbonyl (C=O) groups excluding carboxylic acids is 3. The molecular weight excluding hydrogens is 484 g/mol. The van der Waals surface area contributed by atoms with Crippen molar-refractivity contribution in [1.82, 2.24) is 0 Å². The van der Waals surface area contributed by atoms with Gasteiger partial charge in [-0.05, 0) is 71.9 Å². The van der Waals surface area contributed by atoms with Gasteiger partial charge in [0.15, 0.2) is 11.6 Å². The molecule has 35 heavy (non-hydrogen) atoms. The number of nitrogens with zero attached hydrogens (tertiary/aromatic N) is 2. The average Bonchev–Trinajstić information content (AvgIpc) is 2.69. The third-order valence-corrected chi connectivity index (χ3v) is 4.64. The maximum atomic E-state index is 15.7. The van der Waals surface area contributed by atoms with Gasteiger partial charge >= 0.3 is 12.2 Å². The molecule has 2 rings (SSSR count). The minimum Gasteiger partial charge on any atom is -0.443 e. The van der Waals surface area contributed by atoms with Crippen molar-refractivity contribution >= 4 is 46.8 Å². The molecule has 0 aliphatic heterocycles. The van der Waals surface area contributed by atoms with Crippen LogP contribution in [-0.4, -0.2) is 36.3 Å². The zero-order chi connectivity index (χ0) is 26.9. The molecule has 0 aromatic heterocycles. The molecule has 0 heterocycles. The van der Waals surface area contributed by atoms with Gasteiger partial charge in [-0.2, -0.15) is 4.90 Å². The van der Waals surface area contributed by atoms with Gasteiger partial charge in [0.1, 0.15) is 16.9 Å². The van der Waals surface area contributed by atoms with Gasteiger partial charge in [-0.25, -0.2) is 18.4 Å². The molecule has 0 saturated heterocycles. The lowest BCUT2D eigenvalue weighted by Crippen LogP contribution is -2.44. The molecule has 0 bridgehead atoms. The first-order valence-electron chi connectivity index (χ1n) is 10.5. The molecular formula is C24H28ClF2N3O5. The minimum atomic E-state index is -1.38. The van der Waals surface area contributed by atoms with Crippen molar-refractivity contribution in [3.63, 3.8) is 0 Å². The highest BCUT2D eigenvalue weighted by molar-refractivity contribution is 6.34. The number of nitrogens with two attached hydrogens (primary N) is 1. The van der Waals surface area contributed by atoms with E-state index in [2.05, 4.69) is 0 Å². The molecule has 0 saturated carbocycles. The molecule has 8 nitrogen and oxygen atoms in total. The van der Waals surface area contributed by atoms with Crippen molar-refractivity contribution in [2.75, 3.05) is 22.6 Å². The predicted octanol–water partition coefficient (Wildman–Crippen LogP) is 6.15. The molecule has 0 radical (unpaired) electrons. The second-order valence-electron chi connectivity index (χ2n) is 9.63. The van der Waals surface area contributed by atoms with Crippen molar-refractivity contribution < 1.29 is 32.6 Å². The smallest absolute Gasteiger partial charge is 0.424 e. The van der Waals surface area contributed by atoms with Crippen LogP contribution in [0.25, 0.3) is 0 Å². The second kappa shape index (κ2) is 10.1. The third-order valence-electron chi connectivity index (χ3n) is 4.31. The summed E-state index contributed by atoms with van der Waals surface area (Å²) in [5.74, 6) is -3.40. The van der Waals surface area contributed by atoms with Crippen LogP contribution in [0.5, 0.6) is 0 Å². The molecule has 0 aliphatic rings. The van der Waals surface area contributed by atoms with Gasteiger partial charge in [0, 0.05) is 12.7 Å². The van der Waals surface area contributed by atoms with Crippen LogP contribution in [0.15, 0.2) is 30.3 Å². The molecule has 0 unspecified atom stereocenters. The first kappa shape index (κ1) is 27.8. The zero-order valence-corrected chi connectivity index (χ0v) is 21.3. The van der Waals surface area contributed by atoms with Crippen LogP contribution in [0.2, 0.25) is 5.02 Å². The van der Waals surface area contributed by atoms with Crippen LogP contribution in [0, 0.1) is 11.6 Å². The van der Waals surface area contributed by atoms with Gasteiger partial charge in [-0.3, -0.25) is 4.79 Å². The van der Waals surface area contributed by atoms with Crippen LogP contribution >= 0.6 is 11.6 Å². The van der Waals surface area contributed by atoms with E-state index in [1.165, 1.54) is 66.8 Å². The molecule has 0 atom stereocenters. The molecule has 2 N–H and O–H groups in total. The Morgan fingerprint density at radius 2 is 1.43 bits per heavy atom. The Kier molecular flexibility index (Phi) is 8.01. The van der Waals surface area contributed by atoms with Crippen molar-refractivity contribution in [2.45, 2.75) is 52.7 Å². The quantitative estimate of drug-likeness (QED) is 0.495. The molecule has 190 valence electrons.